The number of rotatable bonds is 6. The van der Waals surface area contributed by atoms with Crippen molar-refractivity contribution in [2.45, 2.75) is 49.4 Å². The van der Waals surface area contributed by atoms with E-state index in [9.17, 15) is 4.79 Å². The summed E-state index contributed by atoms with van der Waals surface area (Å²) in [6.45, 7) is 1.94. The van der Waals surface area contributed by atoms with Crippen LogP contribution in [0.1, 0.15) is 37.7 Å². The standard InChI is InChI=1S/C17H21ClN4OS2/c1-11-7-8-12(18)9-14(11)20-15(23)10-24-17-22-21-16(25-17)19-13-5-3-2-4-6-13/h7-9,13H,2-6,10H2,1H3,(H,19,21)(H,20,23). The van der Waals surface area contributed by atoms with E-state index >= 15 is 0 Å². The number of carbonyl (C=O) groups is 1. The number of carbonyl (C=O) groups excluding carboxylic acids is 1. The Morgan fingerprint density at radius 1 is 1.32 bits per heavy atom. The molecular weight excluding hydrogens is 376 g/mol. The molecule has 1 aliphatic rings. The largest absolute Gasteiger partial charge is 0.357 e. The molecule has 1 aliphatic carbocycles. The second-order valence-corrected chi connectivity index (χ2v) is 8.78. The smallest absolute Gasteiger partial charge is 0.234 e. The number of thioether (sulfide) groups is 1. The molecule has 0 spiro atoms. The Morgan fingerprint density at radius 2 is 2.12 bits per heavy atom. The predicted molar refractivity (Wildman–Crippen MR) is 106 cm³/mol. The van der Waals surface area contributed by atoms with Crippen molar-refractivity contribution >= 4 is 51.4 Å². The zero-order valence-corrected chi connectivity index (χ0v) is 16.4. The van der Waals surface area contributed by atoms with Crippen LogP contribution in [-0.2, 0) is 4.79 Å². The van der Waals surface area contributed by atoms with E-state index in [-0.39, 0.29) is 5.91 Å². The first kappa shape index (κ1) is 18.5. The van der Waals surface area contributed by atoms with E-state index in [0.29, 0.717) is 16.8 Å². The van der Waals surface area contributed by atoms with Crippen LogP contribution in [0.25, 0.3) is 0 Å². The summed E-state index contributed by atoms with van der Waals surface area (Å²) in [7, 11) is 0. The van der Waals surface area contributed by atoms with Gasteiger partial charge in [0.1, 0.15) is 0 Å². The zero-order chi connectivity index (χ0) is 17.6. The van der Waals surface area contributed by atoms with Crippen LogP contribution in [0.15, 0.2) is 22.5 Å². The summed E-state index contributed by atoms with van der Waals surface area (Å²) < 4.78 is 0.802. The third-order valence-corrected chi connectivity index (χ3v) is 6.36. The lowest BCUT2D eigenvalue weighted by atomic mass is 9.96. The molecule has 0 unspecified atom stereocenters. The summed E-state index contributed by atoms with van der Waals surface area (Å²) in [6.07, 6.45) is 6.28. The molecule has 1 saturated carbocycles. The van der Waals surface area contributed by atoms with Crippen molar-refractivity contribution in [1.29, 1.82) is 0 Å². The van der Waals surface area contributed by atoms with Crippen molar-refractivity contribution < 1.29 is 4.79 Å². The molecule has 2 aromatic rings. The van der Waals surface area contributed by atoms with E-state index in [1.807, 2.05) is 19.1 Å². The molecule has 0 radical (unpaired) electrons. The number of hydrogen-bond donors (Lipinski definition) is 2. The van der Waals surface area contributed by atoms with Gasteiger partial charge in [0.15, 0.2) is 4.34 Å². The van der Waals surface area contributed by atoms with E-state index in [0.717, 1.165) is 20.7 Å². The van der Waals surface area contributed by atoms with Crippen molar-refractivity contribution in [2.75, 3.05) is 16.4 Å². The van der Waals surface area contributed by atoms with Gasteiger partial charge in [0, 0.05) is 16.8 Å². The molecule has 1 heterocycles. The molecule has 0 atom stereocenters. The predicted octanol–water partition coefficient (Wildman–Crippen LogP) is 4.98. The minimum absolute atomic E-state index is 0.0765. The van der Waals surface area contributed by atoms with Gasteiger partial charge in [-0.3, -0.25) is 4.79 Å². The molecule has 134 valence electrons. The van der Waals surface area contributed by atoms with E-state index in [1.54, 1.807) is 6.07 Å². The number of nitrogens with zero attached hydrogens (tertiary/aromatic N) is 2. The Morgan fingerprint density at radius 3 is 2.92 bits per heavy atom. The van der Waals surface area contributed by atoms with Crippen LogP contribution in [-0.4, -0.2) is 27.9 Å². The molecule has 25 heavy (non-hydrogen) atoms. The maximum Gasteiger partial charge on any atom is 0.234 e. The van der Waals surface area contributed by atoms with E-state index in [1.165, 1.54) is 55.2 Å². The van der Waals surface area contributed by atoms with Gasteiger partial charge in [0.05, 0.1) is 5.75 Å². The van der Waals surface area contributed by atoms with Crippen molar-refractivity contribution in [3.63, 3.8) is 0 Å². The highest BCUT2D eigenvalue weighted by molar-refractivity contribution is 8.01. The molecule has 3 rings (SSSR count). The van der Waals surface area contributed by atoms with Gasteiger partial charge >= 0.3 is 0 Å². The summed E-state index contributed by atoms with van der Waals surface area (Å²) in [5, 5.41) is 16.1. The normalized spacial score (nSPS) is 15.1. The van der Waals surface area contributed by atoms with Crippen molar-refractivity contribution in [3.8, 4) is 0 Å². The monoisotopic (exact) mass is 396 g/mol. The molecule has 0 aliphatic heterocycles. The number of hydrogen-bond acceptors (Lipinski definition) is 6. The Labute approximate surface area is 161 Å². The second kappa shape index (κ2) is 8.87. The fourth-order valence-electron chi connectivity index (χ4n) is 2.79. The lowest BCUT2D eigenvalue weighted by Crippen LogP contribution is -2.21. The minimum atomic E-state index is -0.0765. The van der Waals surface area contributed by atoms with Crippen LogP contribution >= 0.6 is 34.7 Å². The van der Waals surface area contributed by atoms with Gasteiger partial charge in [0.25, 0.3) is 0 Å². The number of nitrogens with one attached hydrogen (secondary N) is 2. The molecule has 0 saturated heterocycles. The highest BCUT2D eigenvalue weighted by Gasteiger charge is 2.15. The first-order chi connectivity index (χ1) is 12.1. The number of aromatic nitrogens is 2. The Kier molecular flexibility index (Phi) is 6.56. The Balaban J connectivity index is 1.48. The van der Waals surface area contributed by atoms with Gasteiger partial charge in [-0.15, -0.1) is 10.2 Å². The average Bonchev–Trinajstić information content (AvgIpc) is 3.05. The van der Waals surface area contributed by atoms with Crippen molar-refractivity contribution in [1.82, 2.24) is 10.2 Å². The van der Waals surface area contributed by atoms with E-state index < -0.39 is 0 Å². The van der Waals surface area contributed by atoms with Crippen molar-refractivity contribution in [3.05, 3.63) is 28.8 Å². The molecule has 1 aromatic heterocycles. The van der Waals surface area contributed by atoms with Crippen LogP contribution in [0.3, 0.4) is 0 Å². The zero-order valence-electron chi connectivity index (χ0n) is 14.0. The molecule has 1 fully saturated rings. The first-order valence-electron chi connectivity index (χ1n) is 8.39. The lowest BCUT2D eigenvalue weighted by Gasteiger charge is -2.21. The molecule has 1 aromatic carbocycles. The van der Waals surface area contributed by atoms with Gasteiger partial charge in [0.2, 0.25) is 11.0 Å². The molecular formula is C17H21ClN4OS2. The quantitative estimate of drug-likeness (QED) is 0.674. The number of halogens is 1. The molecule has 2 N–H and O–H groups in total. The molecule has 8 heteroatoms. The molecule has 5 nitrogen and oxygen atoms in total. The summed E-state index contributed by atoms with van der Waals surface area (Å²) >= 11 is 8.89. The van der Waals surface area contributed by atoms with Gasteiger partial charge in [-0.2, -0.15) is 0 Å². The maximum atomic E-state index is 12.1. The van der Waals surface area contributed by atoms with Crippen LogP contribution in [0.2, 0.25) is 5.02 Å². The van der Waals surface area contributed by atoms with Gasteiger partial charge in [-0.25, -0.2) is 0 Å². The maximum absolute atomic E-state index is 12.1. The SMILES string of the molecule is Cc1ccc(Cl)cc1NC(=O)CSc1nnc(NC2CCCCC2)s1. The highest BCUT2D eigenvalue weighted by atomic mass is 35.5. The summed E-state index contributed by atoms with van der Waals surface area (Å²) in [4.78, 5) is 12.1. The number of benzene rings is 1. The molecule has 1 amide bonds. The van der Waals surface area contributed by atoms with E-state index in [4.69, 9.17) is 11.6 Å². The van der Waals surface area contributed by atoms with Gasteiger partial charge in [-0.05, 0) is 37.5 Å². The average molecular weight is 397 g/mol. The summed E-state index contributed by atoms with van der Waals surface area (Å²) in [5.74, 6) is 0.219. The number of aryl methyl sites for hydroxylation is 1. The van der Waals surface area contributed by atoms with Crippen LogP contribution in [0.4, 0.5) is 10.8 Å². The first-order valence-corrected chi connectivity index (χ1v) is 10.6. The van der Waals surface area contributed by atoms with E-state index in [2.05, 4.69) is 20.8 Å². The summed E-state index contributed by atoms with van der Waals surface area (Å²) in [6, 6.07) is 5.97. The Hall–Kier alpha value is -1.31. The fourth-order valence-corrected chi connectivity index (χ4v) is 4.59. The Bertz CT molecular complexity index is 731. The second-order valence-electron chi connectivity index (χ2n) is 6.15. The third-order valence-electron chi connectivity index (χ3n) is 4.14. The summed E-state index contributed by atoms with van der Waals surface area (Å²) in [5.41, 5.74) is 1.73. The molecule has 0 bridgehead atoms. The van der Waals surface area contributed by atoms with Crippen LogP contribution in [0, 0.1) is 6.92 Å². The number of amides is 1. The van der Waals surface area contributed by atoms with Crippen LogP contribution in [0.5, 0.6) is 0 Å². The van der Waals surface area contributed by atoms with Crippen molar-refractivity contribution in [2.24, 2.45) is 0 Å². The van der Waals surface area contributed by atoms with Crippen LogP contribution < -0.4 is 10.6 Å². The van der Waals surface area contributed by atoms with Gasteiger partial charge in [-0.1, -0.05) is 60.0 Å². The van der Waals surface area contributed by atoms with Gasteiger partial charge < -0.3 is 10.6 Å². The number of anilines is 2. The highest BCUT2D eigenvalue weighted by Crippen LogP contribution is 2.28. The minimum Gasteiger partial charge on any atom is -0.357 e. The third kappa shape index (κ3) is 5.59. The topological polar surface area (TPSA) is 66.9 Å². The fraction of sp³-hybridized carbons (Fsp3) is 0.471. The lowest BCUT2D eigenvalue weighted by molar-refractivity contribution is -0.113.